The van der Waals surface area contributed by atoms with Crippen molar-refractivity contribution < 1.29 is 14.6 Å². The van der Waals surface area contributed by atoms with E-state index in [0.29, 0.717) is 10.6 Å². The highest BCUT2D eigenvalue weighted by molar-refractivity contribution is 7.99. The van der Waals surface area contributed by atoms with Gasteiger partial charge in [-0.3, -0.25) is 0 Å². The molecule has 0 aliphatic carbocycles. The van der Waals surface area contributed by atoms with Crippen LogP contribution in [0.5, 0.6) is 5.75 Å². The Morgan fingerprint density at radius 3 is 2.53 bits per heavy atom. The van der Waals surface area contributed by atoms with Gasteiger partial charge in [-0.05, 0) is 42.5 Å². The minimum Gasteiger partial charge on any atom is -0.508 e. The van der Waals surface area contributed by atoms with E-state index in [1.807, 2.05) is 0 Å². The van der Waals surface area contributed by atoms with Gasteiger partial charge in [0.2, 0.25) is 0 Å². The van der Waals surface area contributed by atoms with Gasteiger partial charge in [0.15, 0.2) is 0 Å². The maximum atomic E-state index is 11.7. The van der Waals surface area contributed by atoms with E-state index in [1.54, 1.807) is 42.5 Å². The fourth-order valence-electron chi connectivity index (χ4n) is 1.50. The van der Waals surface area contributed by atoms with Crippen LogP contribution in [-0.2, 0) is 4.74 Å². The quantitative estimate of drug-likeness (QED) is 0.870. The molecular formula is C14H11ClO3S. The van der Waals surface area contributed by atoms with Crippen molar-refractivity contribution in [2.24, 2.45) is 0 Å². The summed E-state index contributed by atoms with van der Waals surface area (Å²) in [5.74, 6) is -0.225. The van der Waals surface area contributed by atoms with E-state index < -0.39 is 5.97 Å². The summed E-state index contributed by atoms with van der Waals surface area (Å²) >= 11 is 7.30. The monoisotopic (exact) mass is 294 g/mol. The largest absolute Gasteiger partial charge is 0.508 e. The van der Waals surface area contributed by atoms with Crippen molar-refractivity contribution in [3.63, 3.8) is 0 Å². The van der Waals surface area contributed by atoms with Crippen molar-refractivity contribution in [3.05, 3.63) is 53.1 Å². The van der Waals surface area contributed by atoms with Crippen molar-refractivity contribution in [2.75, 3.05) is 7.11 Å². The van der Waals surface area contributed by atoms with E-state index in [2.05, 4.69) is 0 Å². The van der Waals surface area contributed by atoms with Crippen LogP contribution in [0.2, 0.25) is 5.02 Å². The topological polar surface area (TPSA) is 46.5 Å². The molecule has 0 unspecified atom stereocenters. The van der Waals surface area contributed by atoms with Gasteiger partial charge in [-0.1, -0.05) is 23.4 Å². The van der Waals surface area contributed by atoms with Crippen molar-refractivity contribution in [1.29, 1.82) is 0 Å². The third-order valence-corrected chi connectivity index (χ3v) is 3.73. The number of phenolic OH excluding ortho intramolecular Hbond substituents is 1. The highest BCUT2D eigenvalue weighted by atomic mass is 35.5. The van der Waals surface area contributed by atoms with Gasteiger partial charge in [0.05, 0.1) is 12.7 Å². The third kappa shape index (κ3) is 3.43. The summed E-state index contributed by atoms with van der Waals surface area (Å²) < 4.78 is 4.74. The summed E-state index contributed by atoms with van der Waals surface area (Å²) in [5, 5.41) is 9.72. The van der Waals surface area contributed by atoms with Crippen LogP contribution in [0.15, 0.2) is 52.3 Å². The molecule has 5 heteroatoms. The number of carbonyl (C=O) groups excluding carboxylic acids is 1. The van der Waals surface area contributed by atoms with Crippen LogP contribution >= 0.6 is 23.4 Å². The van der Waals surface area contributed by atoms with E-state index >= 15 is 0 Å². The molecule has 0 spiro atoms. The summed E-state index contributed by atoms with van der Waals surface area (Å²) in [6.45, 7) is 0. The lowest BCUT2D eigenvalue weighted by atomic mass is 10.2. The molecule has 0 saturated heterocycles. The molecule has 0 saturated carbocycles. The third-order valence-electron chi connectivity index (χ3n) is 2.41. The fraction of sp³-hybridized carbons (Fsp3) is 0.0714. The molecule has 0 atom stereocenters. The molecule has 2 aromatic carbocycles. The van der Waals surface area contributed by atoms with Gasteiger partial charge in [0.25, 0.3) is 0 Å². The minimum absolute atomic E-state index is 0.202. The average molecular weight is 295 g/mol. The first-order valence-electron chi connectivity index (χ1n) is 5.45. The van der Waals surface area contributed by atoms with Gasteiger partial charge in [-0.2, -0.15) is 0 Å². The lowest BCUT2D eigenvalue weighted by Gasteiger charge is -2.08. The second-order valence-electron chi connectivity index (χ2n) is 3.73. The van der Waals surface area contributed by atoms with E-state index in [0.717, 1.165) is 9.79 Å². The Morgan fingerprint density at radius 1 is 1.21 bits per heavy atom. The number of esters is 1. The lowest BCUT2D eigenvalue weighted by molar-refractivity contribution is 0.0597. The zero-order valence-electron chi connectivity index (χ0n) is 10.1. The number of hydrogen-bond acceptors (Lipinski definition) is 4. The molecular weight excluding hydrogens is 284 g/mol. The number of benzene rings is 2. The van der Waals surface area contributed by atoms with Crippen LogP contribution < -0.4 is 0 Å². The molecule has 1 N–H and O–H groups in total. The van der Waals surface area contributed by atoms with Crippen molar-refractivity contribution >= 4 is 29.3 Å². The molecule has 98 valence electrons. The van der Waals surface area contributed by atoms with Gasteiger partial charge < -0.3 is 9.84 Å². The lowest BCUT2D eigenvalue weighted by Crippen LogP contribution is -2.02. The predicted molar refractivity (Wildman–Crippen MR) is 75.0 cm³/mol. The van der Waals surface area contributed by atoms with E-state index in [4.69, 9.17) is 16.3 Å². The first-order valence-corrected chi connectivity index (χ1v) is 6.64. The Morgan fingerprint density at radius 2 is 1.89 bits per heavy atom. The molecule has 0 aliphatic heterocycles. The maximum absolute atomic E-state index is 11.7. The Balaban J connectivity index is 2.34. The molecule has 0 fully saturated rings. The van der Waals surface area contributed by atoms with Crippen molar-refractivity contribution in [3.8, 4) is 5.75 Å². The summed E-state index contributed by atoms with van der Waals surface area (Å²) in [7, 11) is 1.33. The number of phenols is 1. The Hall–Kier alpha value is -1.65. The first kappa shape index (κ1) is 13.8. The van der Waals surface area contributed by atoms with E-state index in [-0.39, 0.29) is 5.75 Å². The first-order chi connectivity index (χ1) is 9.10. The van der Waals surface area contributed by atoms with Crippen LogP contribution in [0.3, 0.4) is 0 Å². The number of methoxy groups -OCH3 is 1. The van der Waals surface area contributed by atoms with Crippen LogP contribution in [0.4, 0.5) is 0 Å². The molecule has 0 amide bonds. The van der Waals surface area contributed by atoms with Gasteiger partial charge in [-0.15, -0.1) is 0 Å². The van der Waals surface area contributed by atoms with Crippen LogP contribution in [-0.4, -0.2) is 18.2 Å². The molecule has 0 aromatic heterocycles. The molecule has 19 heavy (non-hydrogen) atoms. The van der Waals surface area contributed by atoms with Gasteiger partial charge >= 0.3 is 5.97 Å². The maximum Gasteiger partial charge on any atom is 0.339 e. The molecule has 0 heterocycles. The Labute approximate surface area is 120 Å². The summed E-state index contributed by atoms with van der Waals surface area (Å²) in [5.41, 5.74) is 0.424. The van der Waals surface area contributed by atoms with Gasteiger partial charge in [0.1, 0.15) is 5.75 Å². The Bertz CT molecular complexity index is 596. The number of ether oxygens (including phenoxy) is 1. The second-order valence-corrected chi connectivity index (χ2v) is 5.28. The normalized spacial score (nSPS) is 10.2. The van der Waals surface area contributed by atoms with Gasteiger partial charge in [0, 0.05) is 14.8 Å². The van der Waals surface area contributed by atoms with Crippen molar-refractivity contribution in [1.82, 2.24) is 0 Å². The fourth-order valence-corrected chi connectivity index (χ4v) is 2.59. The number of aromatic hydroxyl groups is 1. The zero-order chi connectivity index (χ0) is 13.8. The molecule has 2 aromatic rings. The highest BCUT2D eigenvalue weighted by Crippen LogP contribution is 2.33. The van der Waals surface area contributed by atoms with Crippen LogP contribution in [0.25, 0.3) is 0 Å². The van der Waals surface area contributed by atoms with E-state index in [1.165, 1.54) is 18.9 Å². The summed E-state index contributed by atoms with van der Waals surface area (Å²) in [4.78, 5) is 13.4. The average Bonchev–Trinajstić information content (AvgIpc) is 2.42. The number of rotatable bonds is 3. The SMILES string of the molecule is COC(=O)c1cc(Cl)ccc1Sc1ccc(O)cc1. The molecule has 2 rings (SSSR count). The summed E-state index contributed by atoms with van der Waals surface area (Å²) in [6.07, 6.45) is 0. The van der Waals surface area contributed by atoms with E-state index in [9.17, 15) is 9.90 Å². The summed E-state index contributed by atoms with van der Waals surface area (Å²) in [6, 6.07) is 11.8. The number of halogens is 1. The van der Waals surface area contributed by atoms with Crippen LogP contribution in [0, 0.1) is 0 Å². The smallest absolute Gasteiger partial charge is 0.339 e. The molecule has 0 radical (unpaired) electrons. The minimum atomic E-state index is -0.427. The second kappa shape index (κ2) is 5.99. The zero-order valence-corrected chi connectivity index (χ0v) is 11.7. The van der Waals surface area contributed by atoms with Gasteiger partial charge in [-0.25, -0.2) is 4.79 Å². The highest BCUT2D eigenvalue weighted by Gasteiger charge is 2.13. The van der Waals surface area contributed by atoms with Crippen LogP contribution in [0.1, 0.15) is 10.4 Å². The predicted octanol–water partition coefficient (Wildman–Crippen LogP) is 3.98. The standard InChI is InChI=1S/C14H11ClO3S/c1-18-14(17)12-8-9(15)2-7-13(12)19-11-5-3-10(16)4-6-11/h2-8,16H,1H3. The molecule has 3 nitrogen and oxygen atoms in total. The molecule has 0 bridgehead atoms. The number of carbonyl (C=O) groups is 1. The Kier molecular flexibility index (Phi) is 4.35. The molecule has 0 aliphatic rings. The number of hydrogen-bond donors (Lipinski definition) is 1. The van der Waals surface area contributed by atoms with Crippen molar-refractivity contribution in [2.45, 2.75) is 9.79 Å².